The van der Waals surface area contributed by atoms with Crippen molar-refractivity contribution < 1.29 is 73.1 Å². The van der Waals surface area contributed by atoms with Gasteiger partial charge in [-0.1, -0.05) is 12.1 Å². The van der Waals surface area contributed by atoms with Crippen LogP contribution in [0.15, 0.2) is 48.8 Å². The molecule has 0 atom stereocenters. The second-order valence-electron chi connectivity index (χ2n) is 5.85. The van der Waals surface area contributed by atoms with Crippen LogP contribution in [-0.4, -0.2) is 36.4 Å². The van der Waals surface area contributed by atoms with Crippen molar-refractivity contribution >= 4 is 15.2 Å². The van der Waals surface area contributed by atoms with Gasteiger partial charge in [0.25, 0.3) is 0 Å². The fourth-order valence-electron chi connectivity index (χ4n) is 2.42. The van der Waals surface area contributed by atoms with Gasteiger partial charge in [-0.2, -0.15) is 0 Å². The van der Waals surface area contributed by atoms with Crippen LogP contribution in [0.5, 0.6) is 0 Å². The maximum absolute atomic E-state index is 12.1. The van der Waals surface area contributed by atoms with Gasteiger partial charge in [-0.3, -0.25) is 19.1 Å². The maximum atomic E-state index is 12.1. The minimum atomic E-state index is -3.00. The Labute approximate surface area is 224 Å². The summed E-state index contributed by atoms with van der Waals surface area (Å²) in [4.78, 5) is 8.19. The molecule has 2 heterocycles. The summed E-state index contributed by atoms with van der Waals surface area (Å²) in [6, 6.07) is 11.0. The zero-order valence-electron chi connectivity index (χ0n) is 19.2. The van der Waals surface area contributed by atoms with Crippen molar-refractivity contribution in [3.63, 3.8) is 0 Å². The van der Waals surface area contributed by atoms with Crippen molar-refractivity contribution in [2.75, 3.05) is 26.4 Å². The number of pyridine rings is 2. The Hall–Kier alpha value is -0.132. The number of rotatable bonds is 12. The van der Waals surface area contributed by atoms with Gasteiger partial charge in [0.05, 0.1) is 50.1 Å². The SMILES string of the molecule is CCOP(=O)(Cc1ccccn1)OCC.CCOP(=O)(Cc1ccccn1)OCC.[Cl-].[Cl-].[Pt+2]. The van der Waals surface area contributed by atoms with E-state index in [9.17, 15) is 9.13 Å². The molecule has 2 aromatic rings. The van der Waals surface area contributed by atoms with Gasteiger partial charge in [0.15, 0.2) is 0 Å². The van der Waals surface area contributed by atoms with Crippen LogP contribution in [-0.2, 0) is 60.6 Å². The first-order valence-corrected chi connectivity index (χ1v) is 13.4. The fourth-order valence-corrected chi connectivity index (χ4v) is 5.68. The van der Waals surface area contributed by atoms with E-state index < -0.39 is 15.2 Å². The molecule has 2 rings (SSSR count). The van der Waals surface area contributed by atoms with Gasteiger partial charge < -0.3 is 42.9 Å². The molecule has 33 heavy (non-hydrogen) atoms. The number of hydrogen-bond donors (Lipinski definition) is 0. The minimum absolute atomic E-state index is 0. The number of nitrogens with zero attached hydrogens (tertiary/aromatic N) is 2. The van der Waals surface area contributed by atoms with E-state index in [1.807, 2.05) is 36.4 Å². The minimum Gasteiger partial charge on any atom is -1.00 e. The number of aromatic nitrogens is 2. The summed E-state index contributed by atoms with van der Waals surface area (Å²) in [6.07, 6.45) is 3.79. The summed E-state index contributed by atoms with van der Waals surface area (Å²) < 4.78 is 44.9. The van der Waals surface area contributed by atoms with Gasteiger partial charge in [-0.05, 0) is 52.0 Å². The van der Waals surface area contributed by atoms with Crippen LogP contribution in [0.1, 0.15) is 39.1 Å². The van der Waals surface area contributed by atoms with Gasteiger partial charge in [-0.25, -0.2) is 0 Å². The van der Waals surface area contributed by atoms with Gasteiger partial charge in [0.2, 0.25) is 0 Å². The van der Waals surface area contributed by atoms with Crippen molar-refractivity contribution in [2.45, 2.75) is 40.0 Å². The van der Waals surface area contributed by atoms with E-state index in [1.54, 1.807) is 40.1 Å². The summed E-state index contributed by atoms with van der Waals surface area (Å²) in [5, 5.41) is 0. The predicted octanol–water partition coefficient (Wildman–Crippen LogP) is -0.299. The summed E-state index contributed by atoms with van der Waals surface area (Å²) >= 11 is 0. The molecule has 0 saturated carbocycles. The predicted molar refractivity (Wildman–Crippen MR) is 118 cm³/mol. The van der Waals surface area contributed by atoms with Gasteiger partial charge in [0.1, 0.15) is 0 Å². The van der Waals surface area contributed by atoms with Crippen molar-refractivity contribution in [1.82, 2.24) is 9.97 Å². The zero-order chi connectivity index (χ0) is 22.3. The molecule has 0 aliphatic rings. The molecule has 0 unspecified atom stereocenters. The molecule has 0 N–H and O–H groups in total. The van der Waals surface area contributed by atoms with Crippen molar-refractivity contribution in [3.05, 3.63) is 60.2 Å². The Morgan fingerprint density at radius 1 is 0.636 bits per heavy atom. The Morgan fingerprint density at radius 2 is 0.939 bits per heavy atom. The molecule has 0 bridgehead atoms. The van der Waals surface area contributed by atoms with Crippen molar-refractivity contribution in [1.29, 1.82) is 0 Å². The quantitative estimate of drug-likeness (QED) is 0.276. The summed E-state index contributed by atoms with van der Waals surface area (Å²) in [5.74, 6) is 0. The van der Waals surface area contributed by atoms with E-state index in [0.717, 1.165) is 11.4 Å². The molecule has 0 aliphatic heterocycles. The van der Waals surface area contributed by atoms with Crippen molar-refractivity contribution in [3.8, 4) is 0 Å². The van der Waals surface area contributed by atoms with E-state index in [2.05, 4.69) is 9.97 Å². The van der Waals surface area contributed by atoms with Gasteiger partial charge >= 0.3 is 36.3 Å². The molecule has 0 amide bonds. The van der Waals surface area contributed by atoms with Gasteiger partial charge in [0, 0.05) is 12.4 Å². The van der Waals surface area contributed by atoms with E-state index in [4.69, 9.17) is 18.1 Å². The molecule has 8 nitrogen and oxygen atoms in total. The molecule has 192 valence electrons. The molecule has 2 aromatic heterocycles. The maximum Gasteiger partial charge on any atom is 2.00 e. The zero-order valence-corrected chi connectivity index (χ0v) is 24.7. The Balaban J connectivity index is -0.000000500. The Morgan fingerprint density at radius 3 is 1.15 bits per heavy atom. The summed E-state index contributed by atoms with van der Waals surface area (Å²) in [6.45, 7) is 8.70. The topological polar surface area (TPSA) is 96.8 Å². The van der Waals surface area contributed by atoms with Gasteiger partial charge in [-0.15, -0.1) is 0 Å². The van der Waals surface area contributed by atoms with Crippen LogP contribution in [0, 0.1) is 0 Å². The first kappa shape index (κ1) is 37.4. The van der Waals surface area contributed by atoms with E-state index in [1.165, 1.54) is 0 Å². The average molecular weight is 724 g/mol. The third-order valence-electron chi connectivity index (χ3n) is 3.47. The second kappa shape index (κ2) is 21.2. The van der Waals surface area contributed by atoms with E-state index in [-0.39, 0.29) is 58.2 Å². The summed E-state index contributed by atoms with van der Waals surface area (Å²) in [5.41, 5.74) is 1.45. The van der Waals surface area contributed by atoms with Crippen LogP contribution >= 0.6 is 15.2 Å². The molecule has 0 aromatic carbocycles. The Kier molecular flexibility index (Phi) is 24.0. The third-order valence-corrected chi connectivity index (χ3v) is 7.50. The molecule has 0 saturated heterocycles. The summed E-state index contributed by atoms with van der Waals surface area (Å²) in [7, 11) is -6.01. The number of halogens is 2. The smallest absolute Gasteiger partial charge is 1.00 e. The van der Waals surface area contributed by atoms with Crippen molar-refractivity contribution in [2.24, 2.45) is 0 Å². The Bertz CT molecular complexity index is 722. The van der Waals surface area contributed by atoms with Crippen LogP contribution < -0.4 is 24.8 Å². The molecular formula is C20H32Cl2N2O6P2Pt. The molecule has 0 fully saturated rings. The molecular weight excluding hydrogens is 692 g/mol. The molecule has 0 spiro atoms. The second-order valence-corrected chi connectivity index (χ2v) is 9.96. The van der Waals surface area contributed by atoms with Crippen LogP contribution in [0.3, 0.4) is 0 Å². The molecule has 0 aliphatic carbocycles. The number of hydrogen-bond acceptors (Lipinski definition) is 8. The van der Waals surface area contributed by atoms with Crippen LogP contribution in [0.2, 0.25) is 0 Å². The van der Waals surface area contributed by atoms with E-state index >= 15 is 0 Å². The first-order valence-electron chi connectivity index (χ1n) is 9.96. The standard InChI is InChI=1S/2C10H16NO3P.2ClH.Pt/c2*1-3-13-15(12,14-4-2)9-10-7-5-6-8-11-10;;;/h2*5-8H,3-4,9H2,1-2H3;2*1H;/q;;;;+2/p-2. The average Bonchev–Trinajstić information content (AvgIpc) is 2.70. The fraction of sp³-hybridized carbons (Fsp3) is 0.500. The molecule has 0 radical (unpaired) electrons. The monoisotopic (exact) mass is 723 g/mol. The van der Waals surface area contributed by atoms with Crippen LogP contribution in [0.4, 0.5) is 0 Å². The van der Waals surface area contributed by atoms with Crippen LogP contribution in [0.25, 0.3) is 0 Å². The third kappa shape index (κ3) is 16.2. The largest absolute Gasteiger partial charge is 2.00 e. The molecule has 13 heteroatoms. The first-order chi connectivity index (χ1) is 14.4. The normalized spacial score (nSPS) is 10.5. The van der Waals surface area contributed by atoms with E-state index in [0.29, 0.717) is 26.4 Å².